The Bertz CT molecular complexity index is 537. The van der Waals surface area contributed by atoms with Gasteiger partial charge in [-0.25, -0.2) is 0 Å². The summed E-state index contributed by atoms with van der Waals surface area (Å²) in [7, 11) is 0. The van der Waals surface area contributed by atoms with Gasteiger partial charge in [0.2, 0.25) is 0 Å². The second-order valence-electron chi connectivity index (χ2n) is 4.53. The molecule has 19 heavy (non-hydrogen) atoms. The Morgan fingerprint density at radius 2 is 1.74 bits per heavy atom. The number of ether oxygens (including phenoxy) is 1. The van der Waals surface area contributed by atoms with E-state index < -0.39 is 0 Å². The number of hydrogen-bond acceptors (Lipinski definition) is 2. The first-order valence-electron chi connectivity index (χ1n) is 6.34. The summed E-state index contributed by atoms with van der Waals surface area (Å²) in [6.45, 7) is 5.62. The molecule has 0 unspecified atom stereocenters. The molecule has 0 aliphatic carbocycles. The quantitative estimate of drug-likeness (QED) is 0.814. The fraction of sp³-hybridized carbons (Fsp3) is 0.250. The molecule has 0 atom stereocenters. The highest BCUT2D eigenvalue weighted by Gasteiger charge is 1.97. The highest BCUT2D eigenvalue weighted by Crippen LogP contribution is 2.16. The number of rotatable bonds is 5. The van der Waals surface area contributed by atoms with Crippen molar-refractivity contribution in [3.8, 4) is 5.75 Å². The lowest BCUT2D eigenvalue weighted by Crippen LogP contribution is -2.11. The van der Waals surface area contributed by atoms with Gasteiger partial charge in [-0.2, -0.15) is 0 Å². The van der Waals surface area contributed by atoms with E-state index in [1.54, 1.807) is 0 Å². The minimum Gasteiger partial charge on any atom is -0.492 e. The van der Waals surface area contributed by atoms with Crippen LogP contribution in [0.3, 0.4) is 0 Å². The van der Waals surface area contributed by atoms with Crippen molar-refractivity contribution in [3.63, 3.8) is 0 Å². The fourth-order valence-electron chi connectivity index (χ4n) is 1.75. The van der Waals surface area contributed by atoms with Gasteiger partial charge in [-0.05, 0) is 61.4 Å². The van der Waals surface area contributed by atoms with Crippen LogP contribution >= 0.6 is 11.6 Å². The van der Waals surface area contributed by atoms with Crippen LogP contribution < -0.4 is 10.1 Å². The number of halogens is 1. The molecule has 2 nitrogen and oxygen atoms in total. The van der Waals surface area contributed by atoms with Crippen molar-refractivity contribution < 1.29 is 4.74 Å². The van der Waals surface area contributed by atoms with E-state index in [0.29, 0.717) is 6.61 Å². The summed E-state index contributed by atoms with van der Waals surface area (Å²) in [6.07, 6.45) is 0. The molecule has 2 rings (SSSR count). The zero-order chi connectivity index (χ0) is 13.7. The van der Waals surface area contributed by atoms with Gasteiger partial charge in [0.1, 0.15) is 12.4 Å². The number of hydrogen-bond donors (Lipinski definition) is 1. The second kappa shape index (κ2) is 6.48. The number of nitrogens with one attached hydrogen (secondary N) is 1. The summed E-state index contributed by atoms with van der Waals surface area (Å²) < 4.78 is 5.62. The average Bonchev–Trinajstić information content (AvgIpc) is 2.41. The molecule has 2 aromatic rings. The maximum Gasteiger partial charge on any atom is 0.119 e. The third-order valence-electron chi connectivity index (χ3n) is 3.02. The number of anilines is 1. The maximum absolute atomic E-state index is 5.81. The Hall–Kier alpha value is -1.67. The molecule has 100 valence electrons. The standard InChI is InChI=1S/C16H18ClNO/c1-12-3-6-15(11-13(12)2)18-9-10-19-16-7-4-14(17)5-8-16/h3-8,11,18H,9-10H2,1-2H3. The molecule has 0 saturated carbocycles. The minimum absolute atomic E-state index is 0.620. The van der Waals surface area contributed by atoms with Gasteiger partial charge in [0.05, 0.1) is 0 Å². The largest absolute Gasteiger partial charge is 0.492 e. The van der Waals surface area contributed by atoms with Gasteiger partial charge in [-0.1, -0.05) is 17.7 Å². The van der Waals surface area contributed by atoms with E-state index in [2.05, 4.69) is 37.4 Å². The molecule has 0 aromatic heterocycles. The zero-order valence-corrected chi connectivity index (χ0v) is 12.0. The molecular formula is C16H18ClNO. The van der Waals surface area contributed by atoms with E-state index in [-0.39, 0.29) is 0 Å². The molecular weight excluding hydrogens is 258 g/mol. The van der Waals surface area contributed by atoms with Crippen LogP contribution in [0.25, 0.3) is 0 Å². The molecule has 0 saturated heterocycles. The number of benzene rings is 2. The van der Waals surface area contributed by atoms with Crippen LogP contribution in [0, 0.1) is 13.8 Å². The molecule has 3 heteroatoms. The van der Waals surface area contributed by atoms with Crippen LogP contribution in [-0.4, -0.2) is 13.2 Å². The van der Waals surface area contributed by atoms with Crippen LogP contribution in [0.5, 0.6) is 5.75 Å². The lowest BCUT2D eigenvalue weighted by molar-refractivity contribution is 0.333. The summed E-state index contributed by atoms with van der Waals surface area (Å²) in [5.41, 5.74) is 3.73. The number of aryl methyl sites for hydroxylation is 2. The van der Waals surface area contributed by atoms with E-state index in [4.69, 9.17) is 16.3 Å². The third-order valence-corrected chi connectivity index (χ3v) is 3.27. The highest BCUT2D eigenvalue weighted by atomic mass is 35.5. The zero-order valence-electron chi connectivity index (χ0n) is 11.2. The van der Waals surface area contributed by atoms with E-state index in [9.17, 15) is 0 Å². The Labute approximate surface area is 119 Å². The molecule has 2 aromatic carbocycles. The Kier molecular flexibility index (Phi) is 4.69. The second-order valence-corrected chi connectivity index (χ2v) is 4.96. The van der Waals surface area contributed by atoms with Crippen LogP contribution in [-0.2, 0) is 0 Å². The topological polar surface area (TPSA) is 21.3 Å². The summed E-state index contributed by atoms with van der Waals surface area (Å²) in [6, 6.07) is 13.8. The summed E-state index contributed by atoms with van der Waals surface area (Å²) in [5, 5.41) is 4.07. The molecule has 0 aliphatic rings. The fourth-order valence-corrected chi connectivity index (χ4v) is 1.87. The molecule has 0 amide bonds. The van der Waals surface area contributed by atoms with Gasteiger partial charge in [-0.3, -0.25) is 0 Å². The molecule has 1 N–H and O–H groups in total. The monoisotopic (exact) mass is 275 g/mol. The molecule has 0 aliphatic heterocycles. The van der Waals surface area contributed by atoms with E-state index in [1.807, 2.05) is 24.3 Å². The van der Waals surface area contributed by atoms with Crippen molar-refractivity contribution in [1.82, 2.24) is 0 Å². The molecule has 0 heterocycles. The van der Waals surface area contributed by atoms with Crippen molar-refractivity contribution in [2.24, 2.45) is 0 Å². The SMILES string of the molecule is Cc1ccc(NCCOc2ccc(Cl)cc2)cc1C. The van der Waals surface area contributed by atoms with Crippen molar-refractivity contribution in [1.29, 1.82) is 0 Å². The predicted molar refractivity (Wildman–Crippen MR) is 81.4 cm³/mol. The van der Waals surface area contributed by atoms with Crippen LogP contribution in [0.4, 0.5) is 5.69 Å². The van der Waals surface area contributed by atoms with Crippen LogP contribution in [0.2, 0.25) is 5.02 Å². The first-order valence-corrected chi connectivity index (χ1v) is 6.72. The predicted octanol–water partition coefficient (Wildman–Crippen LogP) is 4.45. The Morgan fingerprint density at radius 1 is 1.00 bits per heavy atom. The van der Waals surface area contributed by atoms with Gasteiger partial charge in [0.15, 0.2) is 0 Å². The van der Waals surface area contributed by atoms with Gasteiger partial charge >= 0.3 is 0 Å². The van der Waals surface area contributed by atoms with E-state index in [0.717, 1.165) is 23.0 Å². The average molecular weight is 276 g/mol. The first kappa shape index (κ1) is 13.8. The third kappa shape index (κ3) is 4.18. The van der Waals surface area contributed by atoms with Crippen LogP contribution in [0.1, 0.15) is 11.1 Å². The molecule has 0 spiro atoms. The summed E-state index contributed by atoms with van der Waals surface area (Å²) >= 11 is 5.81. The Balaban J connectivity index is 1.77. The van der Waals surface area contributed by atoms with Crippen LogP contribution in [0.15, 0.2) is 42.5 Å². The minimum atomic E-state index is 0.620. The van der Waals surface area contributed by atoms with Gasteiger partial charge in [-0.15, -0.1) is 0 Å². The molecule has 0 fully saturated rings. The van der Waals surface area contributed by atoms with Crippen molar-refractivity contribution in [2.45, 2.75) is 13.8 Å². The Morgan fingerprint density at radius 3 is 2.42 bits per heavy atom. The smallest absolute Gasteiger partial charge is 0.119 e. The van der Waals surface area contributed by atoms with Crippen molar-refractivity contribution >= 4 is 17.3 Å². The van der Waals surface area contributed by atoms with E-state index in [1.165, 1.54) is 11.1 Å². The van der Waals surface area contributed by atoms with Gasteiger partial charge < -0.3 is 10.1 Å². The summed E-state index contributed by atoms with van der Waals surface area (Å²) in [5.74, 6) is 0.839. The first-order chi connectivity index (χ1) is 9.15. The van der Waals surface area contributed by atoms with Gasteiger partial charge in [0.25, 0.3) is 0 Å². The normalized spacial score (nSPS) is 10.3. The maximum atomic E-state index is 5.81. The lowest BCUT2D eigenvalue weighted by Gasteiger charge is -2.10. The van der Waals surface area contributed by atoms with E-state index >= 15 is 0 Å². The molecule has 0 radical (unpaired) electrons. The summed E-state index contributed by atoms with van der Waals surface area (Å²) in [4.78, 5) is 0. The van der Waals surface area contributed by atoms with Gasteiger partial charge in [0, 0.05) is 17.3 Å². The lowest BCUT2D eigenvalue weighted by atomic mass is 10.1. The highest BCUT2D eigenvalue weighted by molar-refractivity contribution is 6.30. The molecule has 0 bridgehead atoms. The van der Waals surface area contributed by atoms with Crippen molar-refractivity contribution in [3.05, 3.63) is 58.6 Å². The van der Waals surface area contributed by atoms with Crippen molar-refractivity contribution in [2.75, 3.05) is 18.5 Å².